The van der Waals surface area contributed by atoms with Crippen molar-refractivity contribution in [1.29, 1.82) is 0 Å². The molecule has 2 unspecified atom stereocenters. The third-order valence-electron chi connectivity index (χ3n) is 3.61. The molecule has 0 amide bonds. The number of nitrogens with one attached hydrogen (secondary N) is 1. The molecule has 0 aliphatic heterocycles. The number of anilines is 1. The first-order chi connectivity index (χ1) is 8.04. The number of nitrogens with zero attached hydrogens (tertiary/aromatic N) is 1. The first kappa shape index (κ1) is 12.3. The van der Waals surface area contributed by atoms with E-state index < -0.39 is 5.95 Å². The molecule has 0 saturated heterocycles. The highest BCUT2D eigenvalue weighted by molar-refractivity contribution is 5.42. The minimum atomic E-state index is -0.449. The Morgan fingerprint density at radius 3 is 2.82 bits per heavy atom. The van der Waals surface area contributed by atoms with Crippen molar-refractivity contribution in [2.45, 2.75) is 39.3 Å². The topological polar surface area (TPSA) is 34.1 Å². The van der Waals surface area contributed by atoms with Crippen molar-refractivity contribution in [3.05, 3.63) is 24.3 Å². The summed E-state index contributed by atoms with van der Waals surface area (Å²) in [7, 11) is 0. The first-order valence-electron chi connectivity index (χ1n) is 6.03. The number of hydrogen-bond donors (Lipinski definition) is 1. The summed E-state index contributed by atoms with van der Waals surface area (Å²) in [5, 5.41) is 3.38. The number of ether oxygens (including phenoxy) is 1. The third kappa shape index (κ3) is 2.41. The van der Waals surface area contributed by atoms with Crippen molar-refractivity contribution >= 4 is 5.69 Å². The van der Waals surface area contributed by atoms with Crippen molar-refractivity contribution in [1.82, 2.24) is 4.98 Å². The quantitative estimate of drug-likeness (QED) is 0.819. The fraction of sp³-hybridized carbons (Fsp3) is 0.615. The molecule has 1 N–H and O–H groups in total. The Kier molecular flexibility index (Phi) is 3.33. The summed E-state index contributed by atoms with van der Waals surface area (Å²) in [6.07, 6.45) is 2.82. The van der Waals surface area contributed by atoms with Gasteiger partial charge in [0.05, 0.1) is 18.0 Å². The van der Waals surface area contributed by atoms with Crippen LogP contribution in [0.15, 0.2) is 18.3 Å². The fourth-order valence-corrected chi connectivity index (χ4v) is 2.28. The number of pyridine rings is 1. The van der Waals surface area contributed by atoms with E-state index in [-0.39, 0.29) is 5.41 Å². The van der Waals surface area contributed by atoms with Gasteiger partial charge in [-0.25, -0.2) is 4.98 Å². The van der Waals surface area contributed by atoms with Crippen LogP contribution >= 0.6 is 0 Å². The van der Waals surface area contributed by atoms with Crippen LogP contribution in [0.4, 0.5) is 10.1 Å². The van der Waals surface area contributed by atoms with Crippen LogP contribution in [-0.4, -0.2) is 23.7 Å². The molecule has 0 bridgehead atoms. The van der Waals surface area contributed by atoms with Crippen molar-refractivity contribution in [3.63, 3.8) is 0 Å². The van der Waals surface area contributed by atoms with Gasteiger partial charge in [-0.05, 0) is 25.5 Å². The van der Waals surface area contributed by atoms with Crippen LogP contribution in [0.3, 0.4) is 0 Å². The van der Waals surface area contributed by atoms with E-state index in [4.69, 9.17) is 4.74 Å². The largest absolute Gasteiger partial charge is 0.380 e. The Balaban J connectivity index is 1.95. The zero-order valence-corrected chi connectivity index (χ0v) is 10.5. The maximum absolute atomic E-state index is 12.7. The molecule has 1 aliphatic carbocycles. The minimum absolute atomic E-state index is 0.102. The molecule has 0 spiro atoms. The van der Waals surface area contributed by atoms with Crippen LogP contribution in [-0.2, 0) is 4.74 Å². The van der Waals surface area contributed by atoms with Gasteiger partial charge < -0.3 is 10.1 Å². The summed E-state index contributed by atoms with van der Waals surface area (Å²) in [6.45, 7) is 7.14. The summed E-state index contributed by atoms with van der Waals surface area (Å²) >= 11 is 0. The number of halogens is 1. The van der Waals surface area contributed by atoms with Crippen molar-refractivity contribution in [2.24, 2.45) is 5.41 Å². The van der Waals surface area contributed by atoms with Gasteiger partial charge in [0.15, 0.2) is 0 Å². The zero-order valence-electron chi connectivity index (χ0n) is 10.5. The zero-order chi connectivity index (χ0) is 12.5. The lowest BCUT2D eigenvalue weighted by molar-refractivity contribution is -0.0976. The van der Waals surface area contributed by atoms with Crippen LogP contribution in [0.1, 0.15) is 27.2 Å². The summed E-state index contributed by atoms with van der Waals surface area (Å²) < 4.78 is 18.3. The number of aromatic nitrogens is 1. The molecule has 3 nitrogen and oxygen atoms in total. The van der Waals surface area contributed by atoms with Crippen molar-refractivity contribution in [3.8, 4) is 0 Å². The van der Waals surface area contributed by atoms with E-state index in [1.807, 2.05) is 6.92 Å². The predicted molar refractivity (Wildman–Crippen MR) is 65.4 cm³/mol. The Morgan fingerprint density at radius 1 is 1.53 bits per heavy atom. The van der Waals surface area contributed by atoms with Gasteiger partial charge in [0.1, 0.15) is 0 Å². The lowest BCUT2D eigenvalue weighted by Gasteiger charge is -2.52. The van der Waals surface area contributed by atoms with Crippen molar-refractivity contribution < 1.29 is 9.13 Å². The molecule has 2 rings (SSSR count). The normalized spacial score (nSPS) is 26.4. The van der Waals surface area contributed by atoms with Crippen molar-refractivity contribution in [2.75, 3.05) is 11.9 Å². The maximum atomic E-state index is 12.7. The van der Waals surface area contributed by atoms with Gasteiger partial charge in [-0.3, -0.25) is 0 Å². The molecule has 1 aliphatic rings. The van der Waals surface area contributed by atoms with Crippen LogP contribution in [0.5, 0.6) is 0 Å². The van der Waals surface area contributed by atoms with Crippen LogP contribution in [0.25, 0.3) is 0 Å². The van der Waals surface area contributed by atoms with E-state index in [9.17, 15) is 4.39 Å². The second-order valence-electron chi connectivity index (χ2n) is 5.07. The van der Waals surface area contributed by atoms with Gasteiger partial charge in [0.2, 0.25) is 5.95 Å². The van der Waals surface area contributed by atoms with Crippen LogP contribution in [0.2, 0.25) is 0 Å². The Morgan fingerprint density at radius 2 is 2.29 bits per heavy atom. The van der Waals surface area contributed by atoms with Crippen LogP contribution in [0, 0.1) is 11.4 Å². The van der Waals surface area contributed by atoms with E-state index >= 15 is 0 Å². The summed E-state index contributed by atoms with van der Waals surface area (Å²) in [4.78, 5) is 3.63. The van der Waals surface area contributed by atoms with Crippen LogP contribution < -0.4 is 5.32 Å². The van der Waals surface area contributed by atoms with E-state index in [2.05, 4.69) is 24.1 Å². The second-order valence-corrected chi connectivity index (χ2v) is 5.07. The standard InChI is InChI=1S/C13H19FN2O/c1-4-17-11-7-10(13(11,2)3)16-9-5-6-12(14)15-8-9/h5-6,8,10-11,16H,4,7H2,1-3H3. The molecule has 1 heterocycles. The van der Waals surface area contributed by atoms with Gasteiger partial charge in [-0.2, -0.15) is 4.39 Å². The molecule has 2 atom stereocenters. The van der Waals surface area contributed by atoms with Gasteiger partial charge in [0.25, 0.3) is 0 Å². The first-order valence-corrected chi connectivity index (χ1v) is 6.03. The van der Waals surface area contributed by atoms with Gasteiger partial charge >= 0.3 is 0 Å². The number of hydrogen-bond acceptors (Lipinski definition) is 3. The molecular weight excluding hydrogens is 219 g/mol. The molecular formula is C13H19FN2O. The van der Waals surface area contributed by atoms with Gasteiger partial charge in [-0.1, -0.05) is 13.8 Å². The van der Waals surface area contributed by atoms with E-state index in [0.29, 0.717) is 12.1 Å². The molecule has 1 aromatic rings. The minimum Gasteiger partial charge on any atom is -0.380 e. The summed E-state index contributed by atoms with van der Waals surface area (Å²) in [6, 6.07) is 3.44. The highest BCUT2D eigenvalue weighted by Crippen LogP contribution is 2.44. The highest BCUT2D eigenvalue weighted by Gasteiger charge is 2.48. The van der Waals surface area contributed by atoms with Gasteiger partial charge in [-0.15, -0.1) is 0 Å². The molecule has 1 fully saturated rings. The smallest absolute Gasteiger partial charge is 0.212 e. The summed E-state index contributed by atoms with van der Waals surface area (Å²) in [5.74, 6) is -0.449. The average molecular weight is 238 g/mol. The van der Waals surface area contributed by atoms with E-state index in [1.54, 1.807) is 6.07 Å². The monoisotopic (exact) mass is 238 g/mol. The fourth-order valence-electron chi connectivity index (χ4n) is 2.28. The van der Waals surface area contributed by atoms with Gasteiger partial charge in [0, 0.05) is 18.1 Å². The Hall–Kier alpha value is -1.16. The SMILES string of the molecule is CCOC1CC(Nc2ccc(F)nc2)C1(C)C. The second kappa shape index (κ2) is 4.61. The van der Waals surface area contributed by atoms with E-state index in [1.165, 1.54) is 12.3 Å². The maximum Gasteiger partial charge on any atom is 0.212 e. The molecule has 0 aromatic carbocycles. The molecule has 0 radical (unpaired) electrons. The molecule has 17 heavy (non-hydrogen) atoms. The molecule has 94 valence electrons. The lowest BCUT2D eigenvalue weighted by atomic mass is 9.64. The average Bonchev–Trinajstić information content (AvgIpc) is 2.30. The highest BCUT2D eigenvalue weighted by atomic mass is 19.1. The molecule has 1 saturated carbocycles. The Labute approximate surface area is 101 Å². The predicted octanol–water partition coefficient (Wildman–Crippen LogP) is 2.84. The molecule has 1 aromatic heterocycles. The molecule has 4 heteroatoms. The van der Waals surface area contributed by atoms with E-state index in [0.717, 1.165) is 18.7 Å². The lowest BCUT2D eigenvalue weighted by Crippen LogP contribution is -2.58. The third-order valence-corrected chi connectivity index (χ3v) is 3.61. The summed E-state index contributed by atoms with van der Waals surface area (Å²) in [5.41, 5.74) is 0.962. The number of rotatable bonds is 4. The Bertz CT molecular complexity index is 378.